The van der Waals surface area contributed by atoms with Crippen molar-refractivity contribution >= 4 is 5.78 Å². The van der Waals surface area contributed by atoms with Crippen LogP contribution in [0.4, 0.5) is 0 Å². The molecule has 0 aromatic rings. The smallest absolute Gasteiger partial charge is 0.153 e. The minimum absolute atomic E-state index is 0.0833. The first-order valence-electron chi connectivity index (χ1n) is 4.55. The molecule has 3 nitrogen and oxygen atoms in total. The zero-order valence-corrected chi connectivity index (χ0v) is 8.29. The fraction of sp³-hybridized carbons (Fsp3) is 0.889. The average Bonchev–Trinajstić information content (AvgIpc) is 2.28. The lowest BCUT2D eigenvalue weighted by atomic mass is 9.98. The van der Waals surface area contributed by atoms with Crippen molar-refractivity contribution in [3.8, 4) is 0 Å². The van der Waals surface area contributed by atoms with E-state index in [1.54, 1.807) is 0 Å². The van der Waals surface area contributed by atoms with Crippen LogP contribution in [0.1, 0.15) is 27.2 Å². The Morgan fingerprint density at radius 3 is 2.50 bits per heavy atom. The lowest BCUT2D eigenvalue weighted by Gasteiger charge is -2.19. The number of carbonyl (C=O) groups excluding carboxylic acids is 1. The highest BCUT2D eigenvalue weighted by atomic mass is 16.1. The average molecular weight is 170 g/mol. The van der Waals surface area contributed by atoms with E-state index in [2.05, 4.69) is 12.3 Å². The second kappa shape index (κ2) is 3.54. The number of hydrogen-bond acceptors (Lipinski definition) is 3. The largest absolute Gasteiger partial charge is 0.298 e. The van der Waals surface area contributed by atoms with Gasteiger partial charge in [0.05, 0.1) is 6.04 Å². The molecule has 1 N–H and O–H groups in total. The minimum Gasteiger partial charge on any atom is -0.298 e. The van der Waals surface area contributed by atoms with Crippen molar-refractivity contribution in [1.82, 2.24) is 10.4 Å². The Labute approximate surface area is 74.1 Å². The van der Waals surface area contributed by atoms with Crippen LogP contribution < -0.4 is 5.43 Å². The zero-order chi connectivity index (χ0) is 9.30. The van der Waals surface area contributed by atoms with Gasteiger partial charge < -0.3 is 0 Å². The Kier molecular flexibility index (Phi) is 2.85. The maximum Gasteiger partial charge on any atom is 0.153 e. The molecular formula is C9H18N2O. The van der Waals surface area contributed by atoms with Crippen LogP contribution in [0, 0.1) is 5.92 Å². The molecular weight excluding hydrogens is 152 g/mol. The summed E-state index contributed by atoms with van der Waals surface area (Å²) in [5, 5.41) is 1.94. The van der Waals surface area contributed by atoms with Gasteiger partial charge in [-0.2, -0.15) is 0 Å². The molecule has 0 amide bonds. The maximum absolute atomic E-state index is 11.6. The molecule has 0 aromatic carbocycles. The van der Waals surface area contributed by atoms with E-state index in [1.807, 2.05) is 25.9 Å². The van der Waals surface area contributed by atoms with E-state index in [1.165, 1.54) is 0 Å². The molecule has 0 aliphatic carbocycles. The lowest BCUT2D eigenvalue weighted by Crippen LogP contribution is -2.40. The third-order valence-corrected chi connectivity index (χ3v) is 2.37. The number of Topliss-reactive ketones (excluding diaryl/α,β-unsaturated/α-hetero) is 1. The maximum atomic E-state index is 11.6. The van der Waals surface area contributed by atoms with Gasteiger partial charge in [0.25, 0.3) is 0 Å². The van der Waals surface area contributed by atoms with Gasteiger partial charge in [0.15, 0.2) is 5.78 Å². The Bertz CT molecular complexity index is 179. The SMILES string of the molecule is CC1CC(C(=O)C(C)C)N(C)N1. The van der Waals surface area contributed by atoms with E-state index in [0.29, 0.717) is 11.8 Å². The summed E-state index contributed by atoms with van der Waals surface area (Å²) in [6, 6.07) is 0.516. The molecule has 2 atom stereocenters. The molecule has 2 unspecified atom stereocenters. The zero-order valence-electron chi connectivity index (χ0n) is 8.29. The van der Waals surface area contributed by atoms with E-state index < -0.39 is 0 Å². The molecule has 70 valence electrons. The summed E-state index contributed by atoms with van der Waals surface area (Å²) in [6.45, 7) is 6.02. The number of nitrogens with one attached hydrogen (secondary N) is 1. The first kappa shape index (κ1) is 9.68. The highest BCUT2D eigenvalue weighted by Crippen LogP contribution is 2.16. The summed E-state index contributed by atoms with van der Waals surface area (Å²) in [6.07, 6.45) is 0.938. The summed E-state index contributed by atoms with van der Waals surface area (Å²) in [5.74, 6) is 0.485. The van der Waals surface area contributed by atoms with Crippen molar-refractivity contribution in [1.29, 1.82) is 0 Å². The van der Waals surface area contributed by atoms with Gasteiger partial charge in [-0.25, -0.2) is 5.01 Å². The topological polar surface area (TPSA) is 32.3 Å². The van der Waals surface area contributed by atoms with Gasteiger partial charge in [0, 0.05) is 19.0 Å². The van der Waals surface area contributed by atoms with Crippen molar-refractivity contribution in [2.45, 2.75) is 39.3 Å². The van der Waals surface area contributed by atoms with E-state index in [9.17, 15) is 4.79 Å². The number of hydrogen-bond donors (Lipinski definition) is 1. The van der Waals surface area contributed by atoms with Crippen LogP contribution in [0.2, 0.25) is 0 Å². The highest BCUT2D eigenvalue weighted by Gasteiger charge is 2.32. The van der Waals surface area contributed by atoms with E-state index >= 15 is 0 Å². The monoisotopic (exact) mass is 170 g/mol. The normalized spacial score (nSPS) is 31.4. The molecule has 0 spiro atoms. The molecule has 1 heterocycles. The van der Waals surface area contributed by atoms with Gasteiger partial charge in [0.2, 0.25) is 0 Å². The number of carbonyl (C=O) groups is 1. The molecule has 1 saturated heterocycles. The summed E-state index contributed by atoms with van der Waals surface area (Å²) in [4.78, 5) is 11.6. The van der Waals surface area contributed by atoms with Crippen molar-refractivity contribution in [2.24, 2.45) is 5.92 Å². The fourth-order valence-electron chi connectivity index (χ4n) is 1.68. The molecule has 0 radical (unpaired) electrons. The lowest BCUT2D eigenvalue weighted by molar-refractivity contribution is -0.126. The van der Waals surface area contributed by atoms with Gasteiger partial charge >= 0.3 is 0 Å². The summed E-state index contributed by atoms with van der Waals surface area (Å²) >= 11 is 0. The van der Waals surface area contributed by atoms with Crippen LogP contribution in [-0.4, -0.2) is 29.9 Å². The van der Waals surface area contributed by atoms with Crippen molar-refractivity contribution in [3.63, 3.8) is 0 Å². The molecule has 1 aliphatic heterocycles. The molecule has 12 heavy (non-hydrogen) atoms. The quantitative estimate of drug-likeness (QED) is 0.665. The highest BCUT2D eigenvalue weighted by molar-refractivity contribution is 5.85. The molecule has 0 saturated carbocycles. The molecule has 1 aliphatic rings. The Morgan fingerprint density at radius 2 is 2.17 bits per heavy atom. The first-order valence-corrected chi connectivity index (χ1v) is 4.55. The van der Waals surface area contributed by atoms with Gasteiger partial charge in [-0.05, 0) is 13.3 Å². The van der Waals surface area contributed by atoms with E-state index in [-0.39, 0.29) is 12.0 Å². The van der Waals surface area contributed by atoms with Gasteiger partial charge in [-0.1, -0.05) is 13.8 Å². The van der Waals surface area contributed by atoms with E-state index in [0.717, 1.165) is 6.42 Å². The number of ketones is 1. The van der Waals surface area contributed by atoms with Crippen molar-refractivity contribution in [3.05, 3.63) is 0 Å². The molecule has 1 fully saturated rings. The molecule has 1 rings (SSSR count). The minimum atomic E-state index is 0.0833. The van der Waals surface area contributed by atoms with Crippen molar-refractivity contribution < 1.29 is 4.79 Å². The number of likely N-dealkylation sites (N-methyl/N-ethyl adjacent to an activating group) is 1. The Hall–Kier alpha value is -0.410. The third-order valence-electron chi connectivity index (χ3n) is 2.37. The van der Waals surface area contributed by atoms with Crippen LogP contribution in [-0.2, 0) is 4.79 Å². The second-order valence-electron chi connectivity index (χ2n) is 3.95. The third kappa shape index (κ3) is 1.84. The van der Waals surface area contributed by atoms with Crippen LogP contribution in [0.3, 0.4) is 0 Å². The van der Waals surface area contributed by atoms with Crippen LogP contribution >= 0.6 is 0 Å². The second-order valence-corrected chi connectivity index (χ2v) is 3.95. The van der Waals surface area contributed by atoms with Gasteiger partial charge in [-0.3, -0.25) is 10.2 Å². The number of rotatable bonds is 2. The first-order chi connectivity index (χ1) is 5.52. The number of hydrazine groups is 1. The van der Waals surface area contributed by atoms with Crippen LogP contribution in [0.5, 0.6) is 0 Å². The Morgan fingerprint density at radius 1 is 1.58 bits per heavy atom. The summed E-state index contributed by atoms with van der Waals surface area (Å²) in [5.41, 5.74) is 3.22. The summed E-state index contributed by atoms with van der Waals surface area (Å²) < 4.78 is 0. The van der Waals surface area contributed by atoms with Crippen LogP contribution in [0.25, 0.3) is 0 Å². The van der Waals surface area contributed by atoms with E-state index in [4.69, 9.17) is 0 Å². The molecule has 0 aromatic heterocycles. The molecule has 0 bridgehead atoms. The fourth-order valence-corrected chi connectivity index (χ4v) is 1.68. The van der Waals surface area contributed by atoms with Crippen molar-refractivity contribution in [2.75, 3.05) is 7.05 Å². The standard InChI is InChI=1S/C9H18N2O/c1-6(2)9(12)8-5-7(3)10-11(8)4/h6-8,10H,5H2,1-4H3. The van der Waals surface area contributed by atoms with Gasteiger partial charge in [-0.15, -0.1) is 0 Å². The predicted molar refractivity (Wildman–Crippen MR) is 48.6 cm³/mol. The van der Waals surface area contributed by atoms with Crippen LogP contribution in [0.15, 0.2) is 0 Å². The van der Waals surface area contributed by atoms with Gasteiger partial charge in [0.1, 0.15) is 0 Å². The predicted octanol–water partition coefficient (Wildman–Crippen LogP) is 0.809. The Balaban J connectivity index is 2.58. The molecule has 3 heteroatoms. The summed E-state index contributed by atoms with van der Waals surface area (Å²) in [7, 11) is 1.94. The number of nitrogens with zero attached hydrogens (tertiary/aromatic N) is 1.